The number of sulfonamides is 1. The van der Waals surface area contributed by atoms with Gasteiger partial charge in [0.25, 0.3) is 6.43 Å². The van der Waals surface area contributed by atoms with Gasteiger partial charge in [-0.05, 0) is 55.9 Å². The highest BCUT2D eigenvalue weighted by molar-refractivity contribution is 7.89. The lowest BCUT2D eigenvalue weighted by Crippen LogP contribution is -2.58. The van der Waals surface area contributed by atoms with Gasteiger partial charge in [0.2, 0.25) is 21.8 Å². The third kappa shape index (κ3) is 7.76. The molecule has 11 nitrogen and oxygen atoms in total. The first kappa shape index (κ1) is 30.3. The van der Waals surface area contributed by atoms with Crippen LogP contribution in [0, 0.1) is 5.92 Å². The number of carboxylic acid groups (broad SMARTS) is 1. The molecule has 0 bridgehead atoms. The van der Waals surface area contributed by atoms with Crippen LogP contribution in [0.15, 0.2) is 41.3 Å². The number of alkyl halides is 2. The van der Waals surface area contributed by atoms with E-state index in [0.29, 0.717) is 12.8 Å². The molecule has 4 N–H and O–H groups in total. The van der Waals surface area contributed by atoms with E-state index in [0.717, 1.165) is 53.8 Å². The fraction of sp³-hybridized carbons (Fsp3) is 0.481. The first-order valence-electron chi connectivity index (χ1n) is 13.5. The molecule has 0 radical (unpaired) electrons. The van der Waals surface area contributed by atoms with Crippen molar-refractivity contribution in [1.82, 2.24) is 19.9 Å². The van der Waals surface area contributed by atoms with E-state index in [2.05, 4.69) is 27.0 Å². The predicted molar refractivity (Wildman–Crippen MR) is 145 cm³/mol. The van der Waals surface area contributed by atoms with Gasteiger partial charge >= 0.3 is 5.97 Å². The van der Waals surface area contributed by atoms with Gasteiger partial charge in [0.15, 0.2) is 0 Å². The number of unbranched alkanes of at least 4 members (excludes halogenated alkanes) is 1. The fourth-order valence-corrected chi connectivity index (χ4v) is 6.24. The van der Waals surface area contributed by atoms with Gasteiger partial charge < -0.3 is 21.1 Å². The highest BCUT2D eigenvalue weighted by atomic mass is 32.2. The molecular weight excluding hydrogens is 560 g/mol. The molecule has 0 aliphatic carbocycles. The second-order valence-electron chi connectivity index (χ2n) is 10.1. The molecule has 1 fully saturated rings. The molecule has 2 amide bonds. The van der Waals surface area contributed by atoms with Crippen LogP contribution in [0.2, 0.25) is 0 Å². The third-order valence-corrected chi connectivity index (χ3v) is 8.95. The molecule has 1 atom stereocenters. The van der Waals surface area contributed by atoms with Crippen molar-refractivity contribution in [2.75, 3.05) is 31.5 Å². The number of aryl methyl sites for hydroxylation is 2. The largest absolute Gasteiger partial charge is 0.480 e. The molecular formula is C27H33F2N5O6S. The number of carbonyl (C=O) groups excluding carboxylic acids is 2. The molecule has 1 unspecified atom stereocenters. The molecule has 1 saturated heterocycles. The Morgan fingerprint density at radius 2 is 1.93 bits per heavy atom. The van der Waals surface area contributed by atoms with Crippen molar-refractivity contribution in [3.8, 4) is 0 Å². The van der Waals surface area contributed by atoms with E-state index in [1.54, 1.807) is 0 Å². The van der Waals surface area contributed by atoms with Gasteiger partial charge in [-0.1, -0.05) is 18.2 Å². The van der Waals surface area contributed by atoms with Gasteiger partial charge in [-0.25, -0.2) is 27.0 Å². The molecule has 1 aromatic heterocycles. The topological polar surface area (TPSA) is 158 Å². The number of nitrogens with one attached hydrogen (secondary N) is 3. The second kappa shape index (κ2) is 13.3. The van der Waals surface area contributed by atoms with Gasteiger partial charge in [-0.3, -0.25) is 9.59 Å². The Bertz CT molecular complexity index is 1380. The molecule has 0 saturated carbocycles. The van der Waals surface area contributed by atoms with Crippen molar-refractivity contribution in [3.63, 3.8) is 0 Å². The smallest absolute Gasteiger partial charge is 0.328 e. The van der Waals surface area contributed by atoms with Gasteiger partial charge in [0.1, 0.15) is 11.9 Å². The Kier molecular flexibility index (Phi) is 9.86. The zero-order valence-electron chi connectivity index (χ0n) is 22.3. The highest BCUT2D eigenvalue weighted by Gasteiger charge is 2.41. The molecule has 2 aliphatic rings. The lowest BCUT2D eigenvalue weighted by Gasteiger charge is -2.37. The summed E-state index contributed by atoms with van der Waals surface area (Å²) in [5.41, 5.74) is 1.71. The summed E-state index contributed by atoms with van der Waals surface area (Å²) < 4.78 is 52.3. The average Bonchev–Trinajstić information content (AvgIpc) is 2.92. The minimum atomic E-state index is -4.08. The Balaban J connectivity index is 1.18. The van der Waals surface area contributed by atoms with E-state index in [1.165, 1.54) is 17.7 Å². The first-order chi connectivity index (χ1) is 19.5. The number of pyridine rings is 1. The normalized spacial score (nSPS) is 16.3. The van der Waals surface area contributed by atoms with Crippen molar-refractivity contribution >= 4 is 33.6 Å². The molecule has 0 spiro atoms. The predicted octanol–water partition coefficient (Wildman–Crippen LogP) is 2.10. The number of halogens is 2. The number of nitrogens with zero attached hydrogens (tertiary/aromatic N) is 2. The van der Waals surface area contributed by atoms with Crippen LogP contribution in [0.5, 0.6) is 0 Å². The Labute approximate surface area is 236 Å². The average molecular weight is 594 g/mol. The lowest BCUT2D eigenvalue weighted by molar-refractivity contribution is -0.143. The van der Waals surface area contributed by atoms with E-state index in [9.17, 15) is 36.7 Å². The van der Waals surface area contributed by atoms with E-state index in [-0.39, 0.29) is 36.9 Å². The van der Waals surface area contributed by atoms with Crippen LogP contribution in [-0.2, 0) is 37.2 Å². The Morgan fingerprint density at radius 1 is 1.15 bits per heavy atom. The van der Waals surface area contributed by atoms with Gasteiger partial charge in [0, 0.05) is 43.9 Å². The number of aliphatic carboxylic acids is 1. The summed E-state index contributed by atoms with van der Waals surface area (Å²) in [6.07, 6.45) is 1.47. The minimum absolute atomic E-state index is 0.186. The molecule has 1 aromatic carbocycles. The zero-order valence-corrected chi connectivity index (χ0v) is 23.1. The number of anilines is 1. The molecule has 2 aromatic rings. The van der Waals surface area contributed by atoms with Crippen LogP contribution >= 0.6 is 0 Å². The van der Waals surface area contributed by atoms with E-state index >= 15 is 0 Å². The minimum Gasteiger partial charge on any atom is -0.480 e. The standard InChI is InChI=1S/C27H33F2N5O6S/c28-24(29)18-5-3-8-21(13-18)41(39,40)34-15-19(16-34)26(36)33-22(27(37)38)14-31-23(35)9-2-1-7-20-11-10-17-6-4-12-30-25(17)32-20/h3,5,8,10-11,13,19,22,24H,1-2,4,6-7,9,12,14-16H2,(H,30,32)(H,31,35)(H,33,36)(H,37,38). The maximum atomic E-state index is 12.9. The monoisotopic (exact) mass is 593 g/mol. The lowest BCUT2D eigenvalue weighted by atomic mass is 10.0. The number of hydrogen-bond donors (Lipinski definition) is 4. The fourth-order valence-electron chi connectivity index (χ4n) is 4.65. The number of carbonyl (C=O) groups is 3. The van der Waals surface area contributed by atoms with Crippen LogP contribution in [0.1, 0.15) is 48.9 Å². The number of rotatable bonds is 13. The van der Waals surface area contributed by atoms with Crippen molar-refractivity contribution < 1.29 is 36.7 Å². The number of fused-ring (bicyclic) bond motifs is 1. The summed E-state index contributed by atoms with van der Waals surface area (Å²) >= 11 is 0. The maximum Gasteiger partial charge on any atom is 0.328 e. The zero-order chi connectivity index (χ0) is 29.6. The van der Waals surface area contributed by atoms with Crippen molar-refractivity contribution in [2.45, 2.75) is 55.9 Å². The number of carboxylic acids is 1. The van der Waals surface area contributed by atoms with E-state index < -0.39 is 45.8 Å². The molecule has 14 heteroatoms. The number of aromatic nitrogens is 1. The molecule has 222 valence electrons. The summed E-state index contributed by atoms with van der Waals surface area (Å²) in [5, 5.41) is 17.6. The van der Waals surface area contributed by atoms with Gasteiger partial charge in [-0.2, -0.15) is 4.31 Å². The molecule has 41 heavy (non-hydrogen) atoms. The number of hydrogen-bond acceptors (Lipinski definition) is 7. The highest BCUT2D eigenvalue weighted by Crippen LogP contribution is 2.28. The Morgan fingerprint density at radius 3 is 2.66 bits per heavy atom. The summed E-state index contributed by atoms with van der Waals surface area (Å²) in [6, 6.07) is 7.09. The number of amides is 2. The SMILES string of the molecule is O=C(CCCCc1ccc2c(n1)NCCC2)NCC(NC(=O)C1CN(S(=O)(=O)c2cccc(C(F)F)c2)C1)C(=O)O. The van der Waals surface area contributed by atoms with Crippen LogP contribution < -0.4 is 16.0 Å². The quantitative estimate of drug-likeness (QED) is 0.257. The summed E-state index contributed by atoms with van der Waals surface area (Å²) in [5.74, 6) is -2.26. The van der Waals surface area contributed by atoms with E-state index in [4.69, 9.17) is 0 Å². The van der Waals surface area contributed by atoms with Gasteiger partial charge in [0.05, 0.1) is 10.8 Å². The van der Waals surface area contributed by atoms with Crippen LogP contribution in [0.25, 0.3) is 0 Å². The molecule has 4 rings (SSSR count). The first-order valence-corrected chi connectivity index (χ1v) is 14.9. The second-order valence-corrected chi connectivity index (χ2v) is 12.1. The third-order valence-electron chi connectivity index (χ3n) is 7.12. The Hall–Kier alpha value is -3.65. The molecule has 3 heterocycles. The molecule has 2 aliphatic heterocycles. The maximum absolute atomic E-state index is 12.9. The van der Waals surface area contributed by atoms with Crippen molar-refractivity contribution in [1.29, 1.82) is 0 Å². The van der Waals surface area contributed by atoms with Crippen LogP contribution in [0.3, 0.4) is 0 Å². The van der Waals surface area contributed by atoms with E-state index in [1.807, 2.05) is 6.07 Å². The summed E-state index contributed by atoms with van der Waals surface area (Å²) in [6.45, 7) is 0.137. The van der Waals surface area contributed by atoms with Gasteiger partial charge in [-0.15, -0.1) is 0 Å². The summed E-state index contributed by atoms with van der Waals surface area (Å²) in [7, 11) is -4.08. The number of benzene rings is 1. The van der Waals surface area contributed by atoms with Crippen LogP contribution in [0.4, 0.5) is 14.6 Å². The summed E-state index contributed by atoms with van der Waals surface area (Å²) in [4.78, 5) is 40.8. The van der Waals surface area contributed by atoms with Crippen LogP contribution in [-0.4, -0.2) is 72.8 Å². The van der Waals surface area contributed by atoms with Crippen molar-refractivity contribution in [2.24, 2.45) is 5.92 Å². The van der Waals surface area contributed by atoms with Crippen molar-refractivity contribution in [3.05, 3.63) is 53.2 Å².